The first kappa shape index (κ1) is 10.4. The van der Waals surface area contributed by atoms with Crippen LogP contribution in [0.2, 0.25) is 0 Å². The zero-order chi connectivity index (χ0) is 10.7. The Labute approximate surface area is 96.9 Å². The summed E-state index contributed by atoms with van der Waals surface area (Å²) in [5, 5.41) is 4.69. The number of anilines is 1. The highest BCUT2D eigenvalue weighted by Crippen LogP contribution is 2.25. The molecular weight excluding hydrogens is 226 g/mol. The first-order chi connectivity index (χ1) is 7.25. The van der Waals surface area contributed by atoms with Gasteiger partial charge in [0.1, 0.15) is 10.7 Å². The number of hydrogen-bond acceptors (Lipinski definition) is 5. The molecule has 1 aromatic carbocycles. The second-order valence-electron chi connectivity index (χ2n) is 3.19. The number of benzene rings is 1. The van der Waals surface area contributed by atoms with Gasteiger partial charge in [0, 0.05) is 22.2 Å². The zero-order valence-corrected chi connectivity index (χ0v) is 9.94. The molecule has 1 heterocycles. The topological polar surface area (TPSA) is 51.8 Å². The molecule has 0 bridgehead atoms. The number of hydrogen-bond donors (Lipinski definition) is 1. The molecule has 15 heavy (non-hydrogen) atoms. The minimum atomic E-state index is 0.718. The Morgan fingerprint density at radius 2 is 2.33 bits per heavy atom. The summed E-state index contributed by atoms with van der Waals surface area (Å²) in [6.45, 7) is 2.09. The smallest absolute Gasteiger partial charge is 0.131 e. The highest BCUT2D eigenvalue weighted by molar-refractivity contribution is 7.98. The first-order valence-electron chi connectivity index (χ1n) is 4.52. The quantitative estimate of drug-likeness (QED) is 0.834. The molecule has 1 aromatic heterocycles. The summed E-state index contributed by atoms with van der Waals surface area (Å²) in [7, 11) is 0. The third kappa shape index (κ3) is 2.70. The lowest BCUT2D eigenvalue weighted by Crippen LogP contribution is -1.88. The van der Waals surface area contributed by atoms with Gasteiger partial charge < -0.3 is 5.73 Å². The maximum Gasteiger partial charge on any atom is 0.131 e. The van der Waals surface area contributed by atoms with Gasteiger partial charge in [0.2, 0.25) is 0 Å². The van der Waals surface area contributed by atoms with Crippen molar-refractivity contribution in [3.63, 3.8) is 0 Å². The highest BCUT2D eigenvalue weighted by atomic mass is 32.2. The Balaban J connectivity index is 2.02. The monoisotopic (exact) mass is 237 g/mol. The van der Waals surface area contributed by atoms with Crippen LogP contribution in [0.4, 0.5) is 5.00 Å². The van der Waals surface area contributed by atoms with Crippen molar-refractivity contribution >= 4 is 28.3 Å². The largest absolute Gasteiger partial charge is 0.388 e. The van der Waals surface area contributed by atoms with E-state index in [0.29, 0.717) is 0 Å². The molecule has 0 fully saturated rings. The molecule has 5 heteroatoms. The van der Waals surface area contributed by atoms with Gasteiger partial charge >= 0.3 is 0 Å². The minimum Gasteiger partial charge on any atom is -0.388 e. The Kier molecular flexibility index (Phi) is 3.23. The van der Waals surface area contributed by atoms with Gasteiger partial charge in [0.05, 0.1) is 0 Å². The predicted octanol–water partition coefficient (Wildman–Crippen LogP) is 2.72. The molecule has 2 rings (SSSR count). The molecule has 0 aliphatic carbocycles. The maximum atomic E-state index is 5.71. The lowest BCUT2D eigenvalue weighted by molar-refractivity contribution is 1.08. The Bertz CT molecular complexity index is 453. The molecule has 3 nitrogen and oxygen atoms in total. The molecule has 0 saturated carbocycles. The molecule has 0 saturated heterocycles. The van der Waals surface area contributed by atoms with Gasteiger partial charge in [0.25, 0.3) is 0 Å². The van der Waals surface area contributed by atoms with Crippen molar-refractivity contribution in [1.29, 1.82) is 0 Å². The van der Waals surface area contributed by atoms with Gasteiger partial charge in [-0.3, -0.25) is 0 Å². The van der Waals surface area contributed by atoms with E-state index in [1.165, 1.54) is 22.0 Å². The second kappa shape index (κ2) is 4.63. The fourth-order valence-electron chi connectivity index (χ4n) is 1.17. The van der Waals surface area contributed by atoms with Crippen molar-refractivity contribution in [1.82, 2.24) is 9.59 Å². The van der Waals surface area contributed by atoms with Crippen LogP contribution in [0.1, 0.15) is 11.3 Å². The van der Waals surface area contributed by atoms with Crippen molar-refractivity contribution in [3.8, 4) is 0 Å². The number of nitrogens with zero attached hydrogens (tertiary/aromatic N) is 2. The molecule has 0 unspecified atom stereocenters. The minimum absolute atomic E-state index is 0.718. The lowest BCUT2D eigenvalue weighted by atomic mass is 10.2. The van der Waals surface area contributed by atoms with Crippen LogP contribution in [0, 0.1) is 6.92 Å². The number of thioether (sulfide) groups is 1. The number of aryl methyl sites for hydroxylation is 1. The lowest BCUT2D eigenvalue weighted by Gasteiger charge is -2.00. The Morgan fingerprint density at radius 1 is 1.47 bits per heavy atom. The number of aromatic nitrogens is 2. The first-order valence-corrected chi connectivity index (χ1v) is 6.28. The van der Waals surface area contributed by atoms with E-state index in [1.54, 1.807) is 11.8 Å². The van der Waals surface area contributed by atoms with Crippen molar-refractivity contribution in [3.05, 3.63) is 35.5 Å². The van der Waals surface area contributed by atoms with E-state index in [-0.39, 0.29) is 0 Å². The van der Waals surface area contributed by atoms with Gasteiger partial charge in [-0.2, -0.15) is 0 Å². The van der Waals surface area contributed by atoms with E-state index < -0.39 is 0 Å². The average molecular weight is 237 g/mol. The average Bonchev–Trinajstić information content (AvgIpc) is 2.61. The third-order valence-corrected chi connectivity index (χ3v) is 3.55. The molecule has 2 N–H and O–H groups in total. The van der Waals surface area contributed by atoms with Gasteiger partial charge in [-0.15, -0.1) is 16.9 Å². The van der Waals surface area contributed by atoms with Gasteiger partial charge in [-0.05, 0) is 19.1 Å². The van der Waals surface area contributed by atoms with E-state index in [9.17, 15) is 0 Å². The van der Waals surface area contributed by atoms with Crippen LogP contribution in [-0.2, 0) is 5.75 Å². The summed E-state index contributed by atoms with van der Waals surface area (Å²) >= 11 is 2.98. The molecule has 0 atom stereocenters. The molecule has 0 spiro atoms. The van der Waals surface area contributed by atoms with Crippen molar-refractivity contribution in [2.24, 2.45) is 0 Å². The molecule has 2 aromatic rings. The van der Waals surface area contributed by atoms with E-state index in [4.69, 9.17) is 5.73 Å². The van der Waals surface area contributed by atoms with Crippen LogP contribution in [-0.4, -0.2) is 9.59 Å². The predicted molar refractivity (Wildman–Crippen MR) is 65.1 cm³/mol. The van der Waals surface area contributed by atoms with E-state index in [2.05, 4.69) is 40.8 Å². The Hall–Kier alpha value is -1.07. The fourth-order valence-corrected chi connectivity index (χ4v) is 2.67. The van der Waals surface area contributed by atoms with E-state index in [0.717, 1.165) is 16.4 Å². The van der Waals surface area contributed by atoms with Gasteiger partial charge in [-0.25, -0.2) is 0 Å². The van der Waals surface area contributed by atoms with E-state index >= 15 is 0 Å². The standard InChI is InChI=1S/C10H11N3S2/c1-7-3-2-4-8(5-7)14-6-9-10(11)15-13-12-9/h2-5H,6,11H2,1H3. The van der Waals surface area contributed by atoms with Crippen LogP contribution < -0.4 is 5.73 Å². The van der Waals surface area contributed by atoms with Crippen molar-refractivity contribution < 1.29 is 0 Å². The number of nitrogen functional groups attached to an aromatic ring is 1. The molecule has 0 aliphatic heterocycles. The van der Waals surface area contributed by atoms with E-state index in [1.807, 2.05) is 0 Å². The van der Waals surface area contributed by atoms with Crippen molar-refractivity contribution in [2.45, 2.75) is 17.6 Å². The van der Waals surface area contributed by atoms with Crippen molar-refractivity contribution in [2.75, 3.05) is 5.73 Å². The summed E-state index contributed by atoms with van der Waals surface area (Å²) < 4.78 is 3.80. The highest BCUT2D eigenvalue weighted by Gasteiger charge is 2.04. The zero-order valence-electron chi connectivity index (χ0n) is 8.30. The fraction of sp³-hybridized carbons (Fsp3) is 0.200. The van der Waals surface area contributed by atoms with Gasteiger partial charge in [-0.1, -0.05) is 22.2 Å². The SMILES string of the molecule is Cc1cccc(SCc2nnsc2N)c1. The van der Waals surface area contributed by atoms with Crippen LogP contribution in [0.15, 0.2) is 29.2 Å². The molecular formula is C10H11N3S2. The summed E-state index contributed by atoms with van der Waals surface area (Å²) in [6.07, 6.45) is 0. The Morgan fingerprint density at radius 3 is 3.00 bits per heavy atom. The molecule has 0 aliphatic rings. The van der Waals surface area contributed by atoms with Gasteiger partial charge in [0.15, 0.2) is 0 Å². The summed E-state index contributed by atoms with van der Waals surface area (Å²) in [4.78, 5) is 1.24. The molecule has 0 amide bonds. The van der Waals surface area contributed by atoms with Crippen LogP contribution in [0.5, 0.6) is 0 Å². The second-order valence-corrected chi connectivity index (χ2v) is 5.02. The molecule has 78 valence electrons. The third-order valence-electron chi connectivity index (χ3n) is 1.95. The normalized spacial score (nSPS) is 10.5. The number of nitrogens with two attached hydrogens (primary N) is 1. The summed E-state index contributed by atoms with van der Waals surface area (Å²) in [5.74, 6) is 0.784. The van der Waals surface area contributed by atoms with Crippen LogP contribution in [0.3, 0.4) is 0 Å². The van der Waals surface area contributed by atoms with Crippen LogP contribution >= 0.6 is 23.3 Å². The summed E-state index contributed by atoms with van der Waals surface area (Å²) in [6, 6.07) is 8.39. The maximum absolute atomic E-state index is 5.71. The summed E-state index contributed by atoms with van der Waals surface area (Å²) in [5.41, 5.74) is 7.86. The number of rotatable bonds is 3. The van der Waals surface area contributed by atoms with Crippen LogP contribution in [0.25, 0.3) is 0 Å². The molecule has 0 radical (unpaired) electrons.